The first-order valence-corrected chi connectivity index (χ1v) is 7.66. The molecule has 0 bridgehead atoms. The van der Waals surface area contributed by atoms with E-state index in [1.165, 1.54) is 0 Å². The first-order chi connectivity index (χ1) is 10.2. The fourth-order valence-corrected chi connectivity index (χ4v) is 2.27. The van der Waals surface area contributed by atoms with Crippen LogP contribution in [0.5, 0.6) is 5.75 Å². The van der Waals surface area contributed by atoms with Gasteiger partial charge < -0.3 is 10.1 Å². The van der Waals surface area contributed by atoms with Crippen molar-refractivity contribution in [2.45, 2.75) is 26.5 Å². The molecule has 1 heterocycles. The third-order valence-electron chi connectivity index (χ3n) is 3.00. The Morgan fingerprint density at radius 1 is 1.19 bits per heavy atom. The smallest absolute Gasteiger partial charge is 0.124 e. The molecule has 2 aromatic rings. The van der Waals surface area contributed by atoms with Gasteiger partial charge in [0.25, 0.3) is 0 Å². The molecule has 0 saturated heterocycles. The summed E-state index contributed by atoms with van der Waals surface area (Å²) in [6.07, 6.45) is 4.41. The quantitative estimate of drug-likeness (QED) is 0.763. The first kappa shape index (κ1) is 16.1. The lowest BCUT2D eigenvalue weighted by Crippen LogP contribution is -2.14. The number of pyridine rings is 1. The maximum atomic E-state index is 6.08. The van der Waals surface area contributed by atoms with Crippen LogP contribution < -0.4 is 10.1 Å². The van der Waals surface area contributed by atoms with Gasteiger partial charge in [0.15, 0.2) is 0 Å². The van der Waals surface area contributed by atoms with Gasteiger partial charge in [0.1, 0.15) is 12.4 Å². The second-order valence-corrected chi connectivity index (χ2v) is 5.53. The van der Waals surface area contributed by atoms with Crippen LogP contribution in [0.15, 0.2) is 36.7 Å². The Hall–Kier alpha value is -1.29. The molecule has 0 unspecified atom stereocenters. The molecular formula is C16H18Cl2N2O. The Labute approximate surface area is 135 Å². The van der Waals surface area contributed by atoms with Crippen molar-refractivity contribution in [1.82, 2.24) is 10.3 Å². The number of nitrogens with zero attached hydrogens (tertiary/aromatic N) is 1. The molecule has 0 fully saturated rings. The largest absolute Gasteiger partial charge is 0.489 e. The lowest BCUT2D eigenvalue weighted by molar-refractivity contribution is 0.302. The molecule has 1 N–H and O–H groups in total. The predicted octanol–water partition coefficient (Wildman–Crippen LogP) is 4.47. The second kappa shape index (κ2) is 8.23. The van der Waals surface area contributed by atoms with Gasteiger partial charge in [0, 0.05) is 35.1 Å². The van der Waals surface area contributed by atoms with Crippen LogP contribution >= 0.6 is 23.2 Å². The predicted molar refractivity (Wildman–Crippen MR) is 87.0 cm³/mol. The van der Waals surface area contributed by atoms with Crippen molar-refractivity contribution >= 4 is 23.2 Å². The monoisotopic (exact) mass is 324 g/mol. The number of ether oxygens (including phenoxy) is 1. The molecule has 5 heteroatoms. The molecule has 2 rings (SSSR count). The van der Waals surface area contributed by atoms with Crippen molar-refractivity contribution in [3.05, 3.63) is 57.8 Å². The van der Waals surface area contributed by atoms with E-state index in [2.05, 4.69) is 17.2 Å². The fraction of sp³-hybridized carbons (Fsp3) is 0.312. The van der Waals surface area contributed by atoms with Gasteiger partial charge in [-0.15, -0.1) is 0 Å². The van der Waals surface area contributed by atoms with Crippen LogP contribution in [0, 0.1) is 0 Å². The minimum atomic E-state index is 0.407. The SMILES string of the molecule is CCCNCc1cc(Cl)ccc1OCc1ccncc1Cl. The van der Waals surface area contributed by atoms with Crippen LogP contribution in [-0.2, 0) is 13.2 Å². The summed E-state index contributed by atoms with van der Waals surface area (Å²) < 4.78 is 5.88. The highest BCUT2D eigenvalue weighted by Crippen LogP contribution is 2.25. The van der Waals surface area contributed by atoms with E-state index in [-0.39, 0.29) is 0 Å². The molecule has 112 valence electrons. The Bertz CT molecular complexity index is 590. The van der Waals surface area contributed by atoms with Crippen LogP contribution in [0.4, 0.5) is 0 Å². The molecule has 21 heavy (non-hydrogen) atoms. The highest BCUT2D eigenvalue weighted by Gasteiger charge is 2.07. The molecule has 0 radical (unpaired) electrons. The topological polar surface area (TPSA) is 34.1 Å². The maximum absolute atomic E-state index is 6.08. The van der Waals surface area contributed by atoms with E-state index in [9.17, 15) is 0 Å². The van der Waals surface area contributed by atoms with E-state index in [0.717, 1.165) is 36.4 Å². The van der Waals surface area contributed by atoms with Crippen molar-refractivity contribution in [3.63, 3.8) is 0 Å². The van der Waals surface area contributed by atoms with E-state index in [1.807, 2.05) is 24.3 Å². The lowest BCUT2D eigenvalue weighted by Gasteiger charge is -2.13. The zero-order valence-corrected chi connectivity index (χ0v) is 13.4. The number of halogens is 2. The first-order valence-electron chi connectivity index (χ1n) is 6.91. The van der Waals surface area contributed by atoms with Crippen molar-refractivity contribution in [2.75, 3.05) is 6.54 Å². The molecule has 0 atom stereocenters. The van der Waals surface area contributed by atoms with Crippen molar-refractivity contribution in [2.24, 2.45) is 0 Å². The molecule has 0 spiro atoms. The standard InChI is InChI=1S/C16H18Cl2N2O/c1-2-6-19-9-13-8-14(17)3-4-16(13)21-11-12-5-7-20-10-15(12)18/h3-5,7-8,10,19H,2,6,9,11H2,1H3. The Morgan fingerprint density at radius 3 is 2.81 bits per heavy atom. The minimum absolute atomic E-state index is 0.407. The van der Waals surface area contributed by atoms with Gasteiger partial charge in [-0.3, -0.25) is 4.98 Å². The summed E-state index contributed by atoms with van der Waals surface area (Å²) in [7, 11) is 0. The summed E-state index contributed by atoms with van der Waals surface area (Å²) in [4.78, 5) is 3.96. The highest BCUT2D eigenvalue weighted by molar-refractivity contribution is 6.31. The molecule has 3 nitrogen and oxygen atoms in total. The average molecular weight is 325 g/mol. The van der Waals surface area contributed by atoms with Gasteiger partial charge in [0.2, 0.25) is 0 Å². The Morgan fingerprint density at radius 2 is 2.05 bits per heavy atom. The number of hydrogen-bond donors (Lipinski definition) is 1. The summed E-state index contributed by atoms with van der Waals surface area (Å²) in [6.45, 7) is 4.23. The fourth-order valence-electron chi connectivity index (χ4n) is 1.90. The number of nitrogens with one attached hydrogen (secondary N) is 1. The summed E-state index contributed by atoms with van der Waals surface area (Å²) in [5.74, 6) is 0.816. The van der Waals surface area contributed by atoms with Gasteiger partial charge in [0.05, 0.1) is 5.02 Å². The normalized spacial score (nSPS) is 10.6. The molecule has 0 aliphatic heterocycles. The van der Waals surface area contributed by atoms with Gasteiger partial charge in [-0.1, -0.05) is 30.1 Å². The van der Waals surface area contributed by atoms with E-state index in [0.29, 0.717) is 16.7 Å². The Kier molecular flexibility index (Phi) is 6.30. The maximum Gasteiger partial charge on any atom is 0.124 e. The molecule has 0 amide bonds. The number of rotatable bonds is 7. The zero-order chi connectivity index (χ0) is 15.1. The van der Waals surface area contributed by atoms with E-state index < -0.39 is 0 Å². The Balaban J connectivity index is 2.06. The minimum Gasteiger partial charge on any atom is -0.489 e. The van der Waals surface area contributed by atoms with Crippen LogP contribution in [0.25, 0.3) is 0 Å². The second-order valence-electron chi connectivity index (χ2n) is 4.68. The van der Waals surface area contributed by atoms with Crippen LogP contribution in [-0.4, -0.2) is 11.5 Å². The lowest BCUT2D eigenvalue weighted by atomic mass is 10.2. The third-order valence-corrected chi connectivity index (χ3v) is 3.58. The molecular weight excluding hydrogens is 307 g/mol. The highest BCUT2D eigenvalue weighted by atomic mass is 35.5. The molecule has 0 aliphatic carbocycles. The van der Waals surface area contributed by atoms with Crippen LogP contribution in [0.2, 0.25) is 10.0 Å². The summed E-state index contributed by atoms with van der Waals surface area (Å²) in [5.41, 5.74) is 1.95. The summed E-state index contributed by atoms with van der Waals surface area (Å²) in [5, 5.41) is 4.67. The summed E-state index contributed by atoms with van der Waals surface area (Å²) >= 11 is 12.1. The van der Waals surface area contributed by atoms with E-state index in [1.54, 1.807) is 12.4 Å². The van der Waals surface area contributed by atoms with Gasteiger partial charge >= 0.3 is 0 Å². The van der Waals surface area contributed by atoms with E-state index in [4.69, 9.17) is 27.9 Å². The van der Waals surface area contributed by atoms with Crippen molar-refractivity contribution in [1.29, 1.82) is 0 Å². The van der Waals surface area contributed by atoms with Gasteiger partial charge in [-0.05, 0) is 37.2 Å². The third kappa shape index (κ3) is 4.88. The number of benzene rings is 1. The molecule has 0 aliphatic rings. The zero-order valence-electron chi connectivity index (χ0n) is 11.9. The molecule has 1 aromatic carbocycles. The van der Waals surface area contributed by atoms with E-state index >= 15 is 0 Å². The van der Waals surface area contributed by atoms with Gasteiger partial charge in [-0.2, -0.15) is 0 Å². The summed E-state index contributed by atoms with van der Waals surface area (Å²) in [6, 6.07) is 7.50. The van der Waals surface area contributed by atoms with Gasteiger partial charge in [-0.25, -0.2) is 0 Å². The van der Waals surface area contributed by atoms with Crippen LogP contribution in [0.1, 0.15) is 24.5 Å². The van der Waals surface area contributed by atoms with Crippen molar-refractivity contribution < 1.29 is 4.74 Å². The average Bonchev–Trinajstić information content (AvgIpc) is 2.48. The van der Waals surface area contributed by atoms with Crippen molar-refractivity contribution in [3.8, 4) is 5.75 Å². The molecule has 1 aromatic heterocycles. The molecule has 0 saturated carbocycles. The number of aromatic nitrogens is 1. The van der Waals surface area contributed by atoms with Crippen LogP contribution in [0.3, 0.4) is 0 Å². The number of hydrogen-bond acceptors (Lipinski definition) is 3.